The maximum Gasteiger partial charge on any atom is 0.310 e. The van der Waals surface area contributed by atoms with Gasteiger partial charge in [-0.1, -0.05) is 13.8 Å². The summed E-state index contributed by atoms with van der Waals surface area (Å²) in [5.74, 6) is -1.16. The van der Waals surface area contributed by atoms with Crippen molar-refractivity contribution < 1.29 is 14.7 Å². The molecule has 0 aliphatic carbocycles. The second kappa shape index (κ2) is 7.20. The first-order valence-corrected chi connectivity index (χ1v) is 7.13. The van der Waals surface area contributed by atoms with Gasteiger partial charge in [-0.2, -0.15) is 0 Å². The number of amides is 1. The third-order valence-electron chi connectivity index (χ3n) is 4.19. The van der Waals surface area contributed by atoms with Crippen molar-refractivity contribution in [2.24, 2.45) is 11.3 Å². The van der Waals surface area contributed by atoms with Gasteiger partial charge in [0.1, 0.15) is 0 Å². The molecule has 1 atom stereocenters. The Labute approximate surface area is 126 Å². The number of carbonyl (C=O) groups excluding carboxylic acids is 1. The number of aliphatic carboxylic acids is 1. The van der Waals surface area contributed by atoms with Crippen molar-refractivity contribution in [1.29, 1.82) is 0 Å². The van der Waals surface area contributed by atoms with Crippen molar-refractivity contribution in [3.63, 3.8) is 0 Å². The summed E-state index contributed by atoms with van der Waals surface area (Å²) >= 11 is 0. The molecule has 21 heavy (non-hydrogen) atoms. The zero-order chi connectivity index (χ0) is 16.0. The molecule has 1 N–H and O–H groups in total. The second-order valence-corrected chi connectivity index (χ2v) is 5.97. The average molecular weight is 292 g/mol. The van der Waals surface area contributed by atoms with E-state index in [1.807, 2.05) is 26.0 Å². The SMILES string of the molecule is CC(C)C(C)(CC(=O)N(C)CCc1ccncc1)C(=O)O. The van der Waals surface area contributed by atoms with Crippen molar-refractivity contribution in [3.8, 4) is 0 Å². The Morgan fingerprint density at radius 3 is 2.38 bits per heavy atom. The summed E-state index contributed by atoms with van der Waals surface area (Å²) in [6.07, 6.45) is 4.19. The highest BCUT2D eigenvalue weighted by atomic mass is 16.4. The van der Waals surface area contributed by atoms with Gasteiger partial charge in [-0.05, 0) is 37.0 Å². The molecule has 1 aromatic rings. The minimum Gasteiger partial charge on any atom is -0.481 e. The van der Waals surface area contributed by atoms with E-state index in [2.05, 4.69) is 4.98 Å². The summed E-state index contributed by atoms with van der Waals surface area (Å²) in [6, 6.07) is 3.82. The number of carbonyl (C=O) groups is 2. The minimum atomic E-state index is -1.03. The van der Waals surface area contributed by atoms with Crippen LogP contribution in [-0.4, -0.2) is 40.5 Å². The lowest BCUT2D eigenvalue weighted by atomic mass is 9.76. The van der Waals surface area contributed by atoms with Gasteiger partial charge in [0.15, 0.2) is 0 Å². The summed E-state index contributed by atoms with van der Waals surface area (Å²) in [6.45, 7) is 5.86. The predicted molar refractivity (Wildman–Crippen MR) is 80.8 cm³/mol. The van der Waals surface area contributed by atoms with Gasteiger partial charge in [-0.15, -0.1) is 0 Å². The Bertz CT molecular complexity index is 488. The highest BCUT2D eigenvalue weighted by Gasteiger charge is 2.39. The molecule has 1 heterocycles. The van der Waals surface area contributed by atoms with E-state index >= 15 is 0 Å². The van der Waals surface area contributed by atoms with Gasteiger partial charge in [-0.3, -0.25) is 14.6 Å². The largest absolute Gasteiger partial charge is 0.481 e. The van der Waals surface area contributed by atoms with Gasteiger partial charge >= 0.3 is 5.97 Å². The van der Waals surface area contributed by atoms with E-state index in [0.29, 0.717) is 6.54 Å². The first-order valence-electron chi connectivity index (χ1n) is 7.13. The molecule has 0 aliphatic heterocycles. The minimum absolute atomic E-state index is 0.0207. The van der Waals surface area contributed by atoms with Crippen LogP contribution in [0.3, 0.4) is 0 Å². The number of carboxylic acid groups (broad SMARTS) is 1. The molecule has 1 amide bonds. The quantitative estimate of drug-likeness (QED) is 0.836. The van der Waals surface area contributed by atoms with E-state index in [1.165, 1.54) is 0 Å². The molecule has 0 saturated carbocycles. The molecule has 0 fully saturated rings. The average Bonchev–Trinajstić information content (AvgIpc) is 2.45. The fraction of sp³-hybridized carbons (Fsp3) is 0.562. The lowest BCUT2D eigenvalue weighted by Gasteiger charge is -2.30. The van der Waals surface area contributed by atoms with Gasteiger partial charge in [0.2, 0.25) is 5.91 Å². The number of hydrogen-bond acceptors (Lipinski definition) is 3. The number of likely N-dealkylation sites (N-methyl/N-ethyl adjacent to an activating group) is 1. The highest BCUT2D eigenvalue weighted by Crippen LogP contribution is 2.31. The number of aromatic nitrogens is 1. The fourth-order valence-corrected chi connectivity index (χ4v) is 1.95. The summed E-state index contributed by atoms with van der Waals surface area (Å²) in [5.41, 5.74) is 0.0802. The third-order valence-corrected chi connectivity index (χ3v) is 4.19. The van der Waals surface area contributed by atoms with Gasteiger partial charge in [-0.25, -0.2) is 0 Å². The predicted octanol–water partition coefficient (Wildman–Crippen LogP) is 2.22. The first-order chi connectivity index (χ1) is 9.77. The van der Waals surface area contributed by atoms with Crippen LogP contribution in [0.25, 0.3) is 0 Å². The Morgan fingerprint density at radius 1 is 1.33 bits per heavy atom. The molecule has 1 rings (SSSR count). The van der Waals surface area contributed by atoms with E-state index in [4.69, 9.17) is 0 Å². The van der Waals surface area contributed by atoms with Gasteiger partial charge < -0.3 is 10.0 Å². The molecule has 0 aliphatic rings. The maximum absolute atomic E-state index is 12.2. The molecular weight excluding hydrogens is 268 g/mol. The Kier molecular flexibility index (Phi) is 5.88. The zero-order valence-corrected chi connectivity index (χ0v) is 13.2. The number of hydrogen-bond donors (Lipinski definition) is 1. The molecule has 116 valence electrons. The third kappa shape index (κ3) is 4.55. The molecule has 1 unspecified atom stereocenters. The lowest BCUT2D eigenvalue weighted by Crippen LogP contribution is -2.40. The normalized spacial score (nSPS) is 13.8. The topological polar surface area (TPSA) is 70.5 Å². The van der Waals surface area contributed by atoms with Crippen molar-refractivity contribution in [3.05, 3.63) is 30.1 Å². The van der Waals surface area contributed by atoms with E-state index < -0.39 is 11.4 Å². The van der Waals surface area contributed by atoms with Gasteiger partial charge in [0, 0.05) is 32.4 Å². The van der Waals surface area contributed by atoms with E-state index in [-0.39, 0.29) is 18.2 Å². The van der Waals surface area contributed by atoms with E-state index in [1.54, 1.807) is 31.3 Å². The molecule has 0 aromatic carbocycles. The van der Waals surface area contributed by atoms with E-state index in [0.717, 1.165) is 12.0 Å². The smallest absolute Gasteiger partial charge is 0.310 e. The monoisotopic (exact) mass is 292 g/mol. The standard InChI is InChI=1S/C16H24N2O3/c1-12(2)16(3,15(20)21)11-14(19)18(4)10-7-13-5-8-17-9-6-13/h5-6,8-9,12H,7,10-11H2,1-4H3,(H,20,21). The number of rotatable bonds is 7. The van der Waals surface area contributed by atoms with Crippen molar-refractivity contribution >= 4 is 11.9 Å². The Balaban J connectivity index is 2.60. The van der Waals surface area contributed by atoms with Crippen LogP contribution in [0.4, 0.5) is 0 Å². The van der Waals surface area contributed by atoms with Crippen LogP contribution in [0, 0.1) is 11.3 Å². The Morgan fingerprint density at radius 2 is 1.90 bits per heavy atom. The molecule has 0 bridgehead atoms. The zero-order valence-electron chi connectivity index (χ0n) is 13.2. The molecule has 5 heteroatoms. The van der Waals surface area contributed by atoms with Gasteiger partial charge in [0.25, 0.3) is 0 Å². The number of nitrogens with zero attached hydrogens (tertiary/aromatic N) is 2. The van der Waals surface area contributed by atoms with Crippen LogP contribution >= 0.6 is 0 Å². The molecule has 0 radical (unpaired) electrons. The van der Waals surface area contributed by atoms with E-state index in [9.17, 15) is 14.7 Å². The molecule has 5 nitrogen and oxygen atoms in total. The van der Waals surface area contributed by atoms with Crippen LogP contribution in [-0.2, 0) is 16.0 Å². The fourth-order valence-electron chi connectivity index (χ4n) is 1.95. The number of pyridine rings is 1. The van der Waals surface area contributed by atoms with Crippen LogP contribution in [0.2, 0.25) is 0 Å². The maximum atomic E-state index is 12.2. The van der Waals surface area contributed by atoms with Crippen molar-refractivity contribution in [2.75, 3.05) is 13.6 Å². The second-order valence-electron chi connectivity index (χ2n) is 5.97. The van der Waals surface area contributed by atoms with Crippen LogP contribution in [0.1, 0.15) is 32.8 Å². The summed E-state index contributed by atoms with van der Waals surface area (Å²) in [7, 11) is 1.71. The summed E-state index contributed by atoms with van der Waals surface area (Å²) < 4.78 is 0. The molecule has 0 spiro atoms. The first kappa shape index (κ1) is 17.1. The molecular formula is C16H24N2O3. The van der Waals surface area contributed by atoms with Crippen LogP contribution < -0.4 is 0 Å². The molecule has 0 saturated heterocycles. The van der Waals surface area contributed by atoms with Crippen LogP contribution in [0.15, 0.2) is 24.5 Å². The van der Waals surface area contributed by atoms with Crippen LogP contribution in [0.5, 0.6) is 0 Å². The van der Waals surface area contributed by atoms with Crippen molar-refractivity contribution in [2.45, 2.75) is 33.6 Å². The summed E-state index contributed by atoms with van der Waals surface area (Å²) in [4.78, 5) is 29.2. The lowest BCUT2D eigenvalue weighted by molar-refractivity contribution is -0.155. The Hall–Kier alpha value is -1.91. The molecule has 1 aromatic heterocycles. The van der Waals surface area contributed by atoms with Crippen molar-refractivity contribution in [1.82, 2.24) is 9.88 Å². The number of carboxylic acids is 1. The van der Waals surface area contributed by atoms with Gasteiger partial charge in [0.05, 0.1) is 5.41 Å². The highest BCUT2D eigenvalue weighted by molar-refractivity contribution is 5.84. The summed E-state index contributed by atoms with van der Waals surface area (Å²) in [5, 5.41) is 9.36.